The van der Waals surface area contributed by atoms with Gasteiger partial charge in [0.1, 0.15) is 17.3 Å². The van der Waals surface area contributed by atoms with E-state index in [1.807, 2.05) is 6.07 Å². The number of halogens is 3. The number of benzene rings is 2. The number of hydrogen-bond donors (Lipinski definition) is 2. The average Bonchev–Trinajstić information content (AvgIpc) is 2.64. The molecule has 0 aliphatic heterocycles. The molecule has 0 radical (unpaired) electrons. The number of amides is 1. The molecular formula is C19H14ClF2N3O. The standard InChI is InChI=1S/C19H14ClF2N3O/c20-15-5-2-1-4-12(15)10-24-19(26)13-8-14(11-23-9-13)25-18-16(21)6-3-7-17(18)22/h1-9,11,25H,10H2,(H,24,26). The summed E-state index contributed by atoms with van der Waals surface area (Å²) in [5.74, 6) is -1.85. The van der Waals surface area contributed by atoms with Gasteiger partial charge in [0.05, 0.1) is 17.4 Å². The van der Waals surface area contributed by atoms with E-state index in [1.165, 1.54) is 24.5 Å². The predicted octanol–water partition coefficient (Wildman–Crippen LogP) is 4.69. The van der Waals surface area contributed by atoms with E-state index >= 15 is 0 Å². The Morgan fingerprint density at radius 2 is 1.77 bits per heavy atom. The summed E-state index contributed by atoms with van der Waals surface area (Å²) in [6.45, 7) is 0.248. The van der Waals surface area contributed by atoms with E-state index in [1.54, 1.807) is 18.2 Å². The topological polar surface area (TPSA) is 54.0 Å². The first-order valence-corrected chi connectivity index (χ1v) is 8.10. The highest BCUT2D eigenvalue weighted by Crippen LogP contribution is 2.23. The van der Waals surface area contributed by atoms with Crippen LogP contribution in [-0.4, -0.2) is 10.9 Å². The van der Waals surface area contributed by atoms with Crippen molar-refractivity contribution in [3.63, 3.8) is 0 Å². The fourth-order valence-electron chi connectivity index (χ4n) is 2.31. The first kappa shape index (κ1) is 17.8. The SMILES string of the molecule is O=C(NCc1ccccc1Cl)c1cncc(Nc2c(F)cccc2F)c1. The molecule has 1 heterocycles. The molecule has 0 unspecified atom stereocenters. The van der Waals surface area contributed by atoms with Gasteiger partial charge in [0, 0.05) is 17.8 Å². The maximum atomic E-state index is 13.7. The van der Waals surface area contributed by atoms with Crippen LogP contribution in [0.3, 0.4) is 0 Å². The highest BCUT2D eigenvalue weighted by atomic mass is 35.5. The van der Waals surface area contributed by atoms with Crippen molar-refractivity contribution in [3.8, 4) is 0 Å². The summed E-state index contributed by atoms with van der Waals surface area (Å²) >= 11 is 6.05. The zero-order valence-corrected chi connectivity index (χ0v) is 14.2. The third-order valence-corrected chi connectivity index (χ3v) is 4.00. The number of aromatic nitrogens is 1. The summed E-state index contributed by atoms with van der Waals surface area (Å²) in [5.41, 5.74) is 1.01. The number of rotatable bonds is 5. The van der Waals surface area contributed by atoms with Crippen LogP contribution in [0.15, 0.2) is 60.9 Å². The maximum absolute atomic E-state index is 13.7. The zero-order chi connectivity index (χ0) is 18.5. The Morgan fingerprint density at radius 3 is 2.50 bits per heavy atom. The van der Waals surface area contributed by atoms with Gasteiger partial charge in [0.25, 0.3) is 5.91 Å². The summed E-state index contributed by atoms with van der Waals surface area (Å²) in [5, 5.41) is 5.89. The van der Waals surface area contributed by atoms with E-state index in [2.05, 4.69) is 15.6 Å². The van der Waals surface area contributed by atoms with Crippen LogP contribution >= 0.6 is 11.6 Å². The third kappa shape index (κ3) is 4.15. The molecule has 0 fully saturated rings. The summed E-state index contributed by atoms with van der Waals surface area (Å²) in [6, 6.07) is 12.2. The van der Waals surface area contributed by atoms with Crippen molar-refractivity contribution in [3.05, 3.63) is 88.7 Å². The molecule has 0 saturated carbocycles. The summed E-state index contributed by atoms with van der Waals surface area (Å²) < 4.78 is 27.5. The second-order valence-electron chi connectivity index (χ2n) is 5.46. The molecule has 0 spiro atoms. The highest BCUT2D eigenvalue weighted by molar-refractivity contribution is 6.31. The van der Waals surface area contributed by atoms with Crippen LogP contribution in [-0.2, 0) is 6.54 Å². The molecule has 132 valence electrons. The molecule has 7 heteroatoms. The van der Waals surface area contributed by atoms with Crippen LogP contribution in [0.2, 0.25) is 5.02 Å². The molecular weight excluding hydrogens is 360 g/mol. The van der Waals surface area contributed by atoms with Crippen molar-refractivity contribution in [2.75, 3.05) is 5.32 Å². The Bertz CT molecular complexity index is 929. The summed E-state index contributed by atoms with van der Waals surface area (Å²) in [4.78, 5) is 16.2. The number of pyridine rings is 1. The average molecular weight is 374 g/mol. The van der Waals surface area contributed by atoms with E-state index in [0.29, 0.717) is 10.7 Å². The van der Waals surface area contributed by atoms with E-state index < -0.39 is 11.6 Å². The van der Waals surface area contributed by atoms with Crippen LogP contribution < -0.4 is 10.6 Å². The van der Waals surface area contributed by atoms with Gasteiger partial charge in [-0.3, -0.25) is 9.78 Å². The second-order valence-corrected chi connectivity index (χ2v) is 5.87. The molecule has 0 saturated heterocycles. The number of carbonyl (C=O) groups is 1. The van der Waals surface area contributed by atoms with E-state index in [9.17, 15) is 13.6 Å². The van der Waals surface area contributed by atoms with Gasteiger partial charge in [-0.1, -0.05) is 35.9 Å². The lowest BCUT2D eigenvalue weighted by Crippen LogP contribution is -2.23. The number of anilines is 2. The third-order valence-electron chi connectivity index (χ3n) is 3.63. The largest absolute Gasteiger partial charge is 0.349 e. The highest BCUT2D eigenvalue weighted by Gasteiger charge is 2.11. The molecule has 0 aliphatic rings. The first-order chi connectivity index (χ1) is 12.5. The Kier molecular flexibility index (Phi) is 5.43. The molecule has 1 aromatic heterocycles. The maximum Gasteiger partial charge on any atom is 0.253 e. The van der Waals surface area contributed by atoms with E-state index in [-0.39, 0.29) is 23.7 Å². The summed E-state index contributed by atoms with van der Waals surface area (Å²) in [6.07, 6.45) is 2.74. The molecule has 2 N–H and O–H groups in total. The number of hydrogen-bond acceptors (Lipinski definition) is 3. The quantitative estimate of drug-likeness (QED) is 0.682. The van der Waals surface area contributed by atoms with Crippen molar-refractivity contribution in [1.82, 2.24) is 10.3 Å². The Labute approximate surface area is 153 Å². The van der Waals surface area contributed by atoms with Crippen LogP contribution in [0.5, 0.6) is 0 Å². The van der Waals surface area contributed by atoms with Gasteiger partial charge in [0.15, 0.2) is 0 Å². The molecule has 3 rings (SSSR count). The van der Waals surface area contributed by atoms with Crippen LogP contribution in [0.1, 0.15) is 15.9 Å². The van der Waals surface area contributed by atoms with Crippen molar-refractivity contribution >= 4 is 28.9 Å². The Balaban J connectivity index is 1.72. The molecule has 3 aromatic rings. The van der Waals surface area contributed by atoms with Crippen LogP contribution in [0, 0.1) is 11.6 Å². The van der Waals surface area contributed by atoms with Crippen molar-refractivity contribution in [2.45, 2.75) is 6.54 Å². The van der Waals surface area contributed by atoms with Crippen LogP contribution in [0.4, 0.5) is 20.2 Å². The first-order valence-electron chi connectivity index (χ1n) is 7.72. The van der Waals surface area contributed by atoms with E-state index in [4.69, 9.17) is 11.6 Å². The minimum absolute atomic E-state index is 0.248. The minimum atomic E-state index is -0.737. The number of para-hydroxylation sites is 1. The molecule has 4 nitrogen and oxygen atoms in total. The van der Waals surface area contributed by atoms with Crippen LogP contribution in [0.25, 0.3) is 0 Å². The van der Waals surface area contributed by atoms with Gasteiger partial charge < -0.3 is 10.6 Å². The molecule has 1 amide bonds. The van der Waals surface area contributed by atoms with Gasteiger partial charge in [-0.2, -0.15) is 0 Å². The summed E-state index contributed by atoms with van der Waals surface area (Å²) in [7, 11) is 0. The van der Waals surface area contributed by atoms with Gasteiger partial charge >= 0.3 is 0 Å². The monoisotopic (exact) mass is 373 g/mol. The smallest absolute Gasteiger partial charge is 0.253 e. The molecule has 26 heavy (non-hydrogen) atoms. The van der Waals surface area contributed by atoms with Crippen molar-refractivity contribution < 1.29 is 13.6 Å². The Hall–Kier alpha value is -2.99. The second kappa shape index (κ2) is 7.93. The van der Waals surface area contributed by atoms with Crippen molar-refractivity contribution in [2.24, 2.45) is 0 Å². The normalized spacial score (nSPS) is 10.4. The van der Waals surface area contributed by atoms with Gasteiger partial charge in [0.2, 0.25) is 0 Å². The lowest BCUT2D eigenvalue weighted by atomic mass is 10.2. The molecule has 2 aromatic carbocycles. The Morgan fingerprint density at radius 1 is 1.04 bits per heavy atom. The lowest BCUT2D eigenvalue weighted by Gasteiger charge is -2.10. The molecule has 0 atom stereocenters. The minimum Gasteiger partial charge on any atom is -0.349 e. The zero-order valence-electron chi connectivity index (χ0n) is 13.5. The van der Waals surface area contributed by atoms with Gasteiger partial charge in [-0.05, 0) is 29.8 Å². The van der Waals surface area contributed by atoms with Crippen molar-refractivity contribution in [1.29, 1.82) is 0 Å². The number of nitrogens with one attached hydrogen (secondary N) is 2. The van der Waals surface area contributed by atoms with Gasteiger partial charge in [-0.15, -0.1) is 0 Å². The fourth-order valence-corrected chi connectivity index (χ4v) is 2.52. The van der Waals surface area contributed by atoms with E-state index in [0.717, 1.165) is 17.7 Å². The van der Waals surface area contributed by atoms with Gasteiger partial charge in [-0.25, -0.2) is 8.78 Å². The lowest BCUT2D eigenvalue weighted by molar-refractivity contribution is 0.0950. The predicted molar refractivity (Wildman–Crippen MR) is 96.5 cm³/mol. The number of nitrogens with zero attached hydrogens (tertiary/aromatic N) is 1. The molecule has 0 bridgehead atoms. The fraction of sp³-hybridized carbons (Fsp3) is 0.0526. The molecule has 0 aliphatic carbocycles. The number of carbonyl (C=O) groups excluding carboxylic acids is 1.